The van der Waals surface area contributed by atoms with Crippen molar-refractivity contribution in [3.05, 3.63) is 65.7 Å². The van der Waals surface area contributed by atoms with Crippen LogP contribution >= 0.6 is 0 Å². The Hall–Kier alpha value is -2.75. The third kappa shape index (κ3) is 24.2. The zero-order valence-electron chi connectivity index (χ0n) is 33.1. The van der Waals surface area contributed by atoms with Gasteiger partial charge in [-0.2, -0.15) is 0 Å². The number of aliphatic hydroxyl groups excluding tert-OH is 1. The fraction of sp³-hybridized carbons (Fsp3) is 0.681. The first-order valence-electron chi connectivity index (χ1n) is 21.5. The molecule has 0 fully saturated rings. The molecule has 0 amide bonds. The number of rotatable bonds is 35. The average Bonchev–Trinajstić information content (AvgIpc) is 3.15. The van der Waals surface area contributed by atoms with Crippen LogP contribution in [0, 0.1) is 0 Å². The Morgan fingerprint density at radius 3 is 1.02 bits per heavy atom. The number of allylic oxidation sites excluding steroid dienone is 1. The molecule has 0 heterocycles. The lowest BCUT2D eigenvalue weighted by Crippen LogP contribution is -2.00. The van der Waals surface area contributed by atoms with Crippen molar-refractivity contribution in [2.75, 3.05) is 13.2 Å². The standard InChI is InChI=1S/C47H76O4/c1-3-5-7-9-11-13-15-17-18-19-20-22-24-26-28-30-40-51-45-37-33-43(34-38-45)47(49)41-46(48)42-31-35-44(36-32-42)50-39-29-27-25-23-21-16-14-12-10-8-6-4-2/h31-38,41,49H,3-30,39-40H2,1-2H3/b47-41-. The Morgan fingerprint density at radius 1 is 0.431 bits per heavy atom. The van der Waals surface area contributed by atoms with Crippen molar-refractivity contribution in [1.82, 2.24) is 0 Å². The van der Waals surface area contributed by atoms with Crippen LogP contribution in [0.3, 0.4) is 0 Å². The summed E-state index contributed by atoms with van der Waals surface area (Å²) < 4.78 is 11.8. The SMILES string of the molecule is CCCCCCCCCCCCCCCCCCOc1ccc(/C(O)=C/C(=O)c2ccc(OCCCCCCCCCCCCCC)cc2)cc1. The number of carbonyl (C=O) groups excluding carboxylic acids is 1. The van der Waals surface area contributed by atoms with Crippen molar-refractivity contribution in [1.29, 1.82) is 0 Å². The predicted molar refractivity (Wildman–Crippen MR) is 219 cm³/mol. The Balaban J connectivity index is 1.49. The Morgan fingerprint density at radius 2 is 0.706 bits per heavy atom. The summed E-state index contributed by atoms with van der Waals surface area (Å²) in [7, 11) is 0. The molecule has 51 heavy (non-hydrogen) atoms. The molecule has 1 N–H and O–H groups in total. The summed E-state index contributed by atoms with van der Waals surface area (Å²) in [4.78, 5) is 12.8. The monoisotopic (exact) mass is 705 g/mol. The van der Waals surface area contributed by atoms with E-state index >= 15 is 0 Å². The molecule has 0 atom stereocenters. The topological polar surface area (TPSA) is 55.8 Å². The van der Waals surface area contributed by atoms with E-state index in [9.17, 15) is 9.90 Å². The van der Waals surface area contributed by atoms with E-state index < -0.39 is 0 Å². The molecule has 4 heteroatoms. The van der Waals surface area contributed by atoms with E-state index in [4.69, 9.17) is 9.47 Å². The van der Waals surface area contributed by atoms with Crippen LogP contribution in [0.4, 0.5) is 0 Å². The summed E-state index contributed by atoms with van der Waals surface area (Å²) in [5.74, 6) is 1.29. The van der Waals surface area contributed by atoms with Crippen LogP contribution in [0.2, 0.25) is 0 Å². The summed E-state index contributed by atoms with van der Waals surface area (Å²) in [6.45, 7) is 5.96. The lowest BCUT2D eigenvalue weighted by molar-refractivity contribution is 0.104. The van der Waals surface area contributed by atoms with Crippen LogP contribution in [0.15, 0.2) is 54.6 Å². The van der Waals surface area contributed by atoms with Gasteiger partial charge in [-0.1, -0.05) is 181 Å². The molecule has 0 aromatic heterocycles. The number of carbonyl (C=O) groups is 1. The van der Waals surface area contributed by atoms with Crippen LogP contribution in [0.1, 0.15) is 210 Å². The van der Waals surface area contributed by atoms with Gasteiger partial charge in [0.1, 0.15) is 17.3 Å². The third-order valence-electron chi connectivity index (χ3n) is 10.1. The van der Waals surface area contributed by atoms with E-state index in [2.05, 4.69) is 13.8 Å². The minimum absolute atomic E-state index is 0.0448. The second-order valence-electron chi connectivity index (χ2n) is 14.8. The Kier molecular flexibility index (Phi) is 27.8. The lowest BCUT2D eigenvalue weighted by atomic mass is 10.0. The molecule has 0 aliphatic heterocycles. The summed E-state index contributed by atoms with van der Waals surface area (Å²) >= 11 is 0. The average molecular weight is 705 g/mol. The van der Waals surface area contributed by atoms with Gasteiger partial charge in [-0.15, -0.1) is 0 Å². The van der Waals surface area contributed by atoms with Crippen molar-refractivity contribution in [2.24, 2.45) is 0 Å². The maximum Gasteiger partial charge on any atom is 0.189 e. The molecule has 2 aromatic rings. The fourth-order valence-corrected chi connectivity index (χ4v) is 6.70. The minimum atomic E-state index is -0.233. The zero-order valence-corrected chi connectivity index (χ0v) is 33.1. The molecular formula is C47H76O4. The summed E-state index contributed by atoms with van der Waals surface area (Å²) in [6.07, 6.45) is 38.9. The number of hydrogen-bond acceptors (Lipinski definition) is 4. The van der Waals surface area contributed by atoms with Gasteiger partial charge in [-0.05, 0) is 61.4 Å². The van der Waals surface area contributed by atoms with E-state index in [1.54, 1.807) is 24.3 Å². The molecule has 0 unspecified atom stereocenters. The van der Waals surface area contributed by atoms with E-state index in [-0.39, 0.29) is 11.5 Å². The van der Waals surface area contributed by atoms with Gasteiger partial charge in [0, 0.05) is 17.2 Å². The van der Waals surface area contributed by atoms with E-state index in [1.165, 1.54) is 173 Å². The van der Waals surface area contributed by atoms with Gasteiger partial charge < -0.3 is 14.6 Å². The zero-order chi connectivity index (χ0) is 36.5. The fourth-order valence-electron chi connectivity index (χ4n) is 6.70. The minimum Gasteiger partial charge on any atom is -0.507 e. The second-order valence-corrected chi connectivity index (χ2v) is 14.8. The van der Waals surface area contributed by atoms with Crippen molar-refractivity contribution < 1.29 is 19.4 Å². The Bertz CT molecular complexity index is 1100. The summed E-state index contributed by atoms with van der Waals surface area (Å²) in [5.41, 5.74) is 1.12. The molecule has 0 bridgehead atoms. The van der Waals surface area contributed by atoms with Gasteiger partial charge in [0.2, 0.25) is 0 Å². The number of hydrogen-bond donors (Lipinski definition) is 1. The largest absolute Gasteiger partial charge is 0.507 e. The van der Waals surface area contributed by atoms with Crippen LogP contribution in [-0.4, -0.2) is 24.1 Å². The van der Waals surface area contributed by atoms with Crippen LogP contribution in [0.25, 0.3) is 5.76 Å². The lowest BCUT2D eigenvalue weighted by Gasteiger charge is -2.08. The molecule has 0 saturated carbocycles. The molecule has 2 rings (SSSR count). The maximum atomic E-state index is 12.8. The quantitative estimate of drug-likeness (QED) is 0.0336. The Labute approximate surface area is 314 Å². The predicted octanol–water partition coefficient (Wildman–Crippen LogP) is 15.2. The van der Waals surface area contributed by atoms with Gasteiger partial charge in [0.15, 0.2) is 5.78 Å². The van der Waals surface area contributed by atoms with E-state index in [1.807, 2.05) is 24.3 Å². The normalized spacial score (nSPS) is 11.6. The molecular weight excluding hydrogens is 629 g/mol. The van der Waals surface area contributed by atoms with Gasteiger partial charge in [-0.25, -0.2) is 0 Å². The highest BCUT2D eigenvalue weighted by Crippen LogP contribution is 2.20. The smallest absolute Gasteiger partial charge is 0.189 e. The summed E-state index contributed by atoms with van der Waals surface area (Å²) in [5, 5.41) is 10.6. The maximum absolute atomic E-state index is 12.8. The first kappa shape index (κ1) is 44.4. The first-order chi connectivity index (χ1) is 25.1. The van der Waals surface area contributed by atoms with Crippen molar-refractivity contribution in [3.8, 4) is 11.5 Å². The van der Waals surface area contributed by atoms with Gasteiger partial charge in [0.05, 0.1) is 13.2 Å². The van der Waals surface area contributed by atoms with Crippen LogP contribution in [0.5, 0.6) is 11.5 Å². The highest BCUT2D eigenvalue weighted by atomic mass is 16.5. The second kappa shape index (κ2) is 31.9. The van der Waals surface area contributed by atoms with Crippen LogP contribution < -0.4 is 9.47 Å². The summed E-state index contributed by atoms with van der Waals surface area (Å²) in [6, 6.07) is 14.5. The number of aliphatic hydroxyl groups is 1. The molecule has 0 saturated heterocycles. The van der Waals surface area contributed by atoms with Gasteiger partial charge in [-0.3, -0.25) is 4.79 Å². The molecule has 0 aliphatic carbocycles. The third-order valence-corrected chi connectivity index (χ3v) is 10.1. The molecule has 0 spiro atoms. The molecule has 4 nitrogen and oxygen atoms in total. The highest BCUT2D eigenvalue weighted by molar-refractivity contribution is 6.07. The highest BCUT2D eigenvalue weighted by Gasteiger charge is 2.08. The first-order valence-corrected chi connectivity index (χ1v) is 21.5. The van der Waals surface area contributed by atoms with Gasteiger partial charge >= 0.3 is 0 Å². The number of benzene rings is 2. The van der Waals surface area contributed by atoms with Crippen molar-refractivity contribution in [2.45, 2.75) is 194 Å². The molecule has 288 valence electrons. The van der Waals surface area contributed by atoms with Gasteiger partial charge in [0.25, 0.3) is 0 Å². The van der Waals surface area contributed by atoms with Crippen LogP contribution in [-0.2, 0) is 0 Å². The van der Waals surface area contributed by atoms with E-state index in [0.717, 1.165) is 24.3 Å². The number of ether oxygens (including phenoxy) is 2. The van der Waals surface area contributed by atoms with Crippen molar-refractivity contribution >= 4 is 11.5 Å². The van der Waals surface area contributed by atoms with Crippen molar-refractivity contribution in [3.63, 3.8) is 0 Å². The van der Waals surface area contributed by atoms with E-state index in [0.29, 0.717) is 24.3 Å². The molecule has 0 radical (unpaired) electrons. The molecule has 0 aliphatic rings. The number of ketones is 1. The molecule has 2 aromatic carbocycles. The number of unbranched alkanes of at least 4 members (excludes halogenated alkanes) is 26.